The first-order valence-electron chi connectivity index (χ1n) is 9.53. The molecule has 4 N–H and O–H groups in total. The minimum atomic E-state index is -0.465. The summed E-state index contributed by atoms with van der Waals surface area (Å²) in [5.41, 5.74) is 8.15. The van der Waals surface area contributed by atoms with Crippen LogP contribution >= 0.6 is 0 Å². The van der Waals surface area contributed by atoms with Crippen molar-refractivity contribution in [3.8, 4) is 0 Å². The van der Waals surface area contributed by atoms with Gasteiger partial charge in [0.25, 0.3) is 0 Å². The molecule has 2 aromatic rings. The SMILES string of the molecule is CNC(C(=O)Nc1ccc(CN2CCCC(C(N)=O)C2)cc1)c1cnn(C)c1. The quantitative estimate of drug-likeness (QED) is 0.661. The van der Waals surface area contributed by atoms with Crippen LogP contribution in [0.4, 0.5) is 5.69 Å². The molecule has 2 amide bonds. The van der Waals surface area contributed by atoms with Crippen molar-refractivity contribution >= 4 is 17.5 Å². The summed E-state index contributed by atoms with van der Waals surface area (Å²) < 4.78 is 1.67. The van der Waals surface area contributed by atoms with E-state index in [1.54, 1.807) is 17.9 Å². The second kappa shape index (κ2) is 8.99. The number of aryl methyl sites for hydroxylation is 1. The van der Waals surface area contributed by atoms with Crippen molar-refractivity contribution in [3.05, 3.63) is 47.8 Å². The summed E-state index contributed by atoms with van der Waals surface area (Å²) >= 11 is 0. The number of hydrogen-bond donors (Lipinski definition) is 3. The van der Waals surface area contributed by atoms with Gasteiger partial charge in [0.1, 0.15) is 6.04 Å². The normalized spacial score (nSPS) is 18.6. The van der Waals surface area contributed by atoms with E-state index >= 15 is 0 Å². The van der Waals surface area contributed by atoms with Gasteiger partial charge in [-0.15, -0.1) is 0 Å². The number of rotatable bonds is 7. The summed E-state index contributed by atoms with van der Waals surface area (Å²) in [6.45, 7) is 2.45. The number of anilines is 1. The van der Waals surface area contributed by atoms with Gasteiger partial charge in [-0.3, -0.25) is 19.2 Å². The Morgan fingerprint density at radius 3 is 2.68 bits per heavy atom. The zero-order valence-electron chi connectivity index (χ0n) is 16.4. The Hall–Kier alpha value is -2.71. The highest BCUT2D eigenvalue weighted by molar-refractivity contribution is 5.95. The number of nitrogens with one attached hydrogen (secondary N) is 2. The molecule has 28 heavy (non-hydrogen) atoms. The van der Waals surface area contributed by atoms with E-state index in [-0.39, 0.29) is 17.7 Å². The Morgan fingerprint density at radius 2 is 2.07 bits per heavy atom. The summed E-state index contributed by atoms with van der Waals surface area (Å²) in [6, 6.07) is 7.34. The highest BCUT2D eigenvalue weighted by Gasteiger charge is 2.24. The van der Waals surface area contributed by atoms with E-state index in [2.05, 4.69) is 20.6 Å². The number of primary amides is 1. The first-order valence-corrected chi connectivity index (χ1v) is 9.53. The van der Waals surface area contributed by atoms with Crippen LogP contribution in [0.15, 0.2) is 36.7 Å². The van der Waals surface area contributed by atoms with Crippen molar-refractivity contribution in [2.24, 2.45) is 18.7 Å². The molecule has 1 saturated heterocycles. The molecule has 1 aliphatic heterocycles. The number of benzene rings is 1. The fourth-order valence-corrected chi connectivity index (χ4v) is 3.64. The predicted molar refractivity (Wildman–Crippen MR) is 107 cm³/mol. The number of aromatic nitrogens is 2. The number of piperidine rings is 1. The molecule has 0 aliphatic carbocycles. The molecule has 0 spiro atoms. The molecular formula is C20H28N6O2. The topological polar surface area (TPSA) is 105 Å². The van der Waals surface area contributed by atoms with Crippen LogP contribution in [0.25, 0.3) is 0 Å². The average Bonchev–Trinajstić information content (AvgIpc) is 3.10. The van der Waals surface area contributed by atoms with Crippen LogP contribution in [-0.2, 0) is 23.2 Å². The minimum Gasteiger partial charge on any atom is -0.369 e. The molecule has 0 saturated carbocycles. The maximum atomic E-state index is 12.6. The van der Waals surface area contributed by atoms with Crippen molar-refractivity contribution in [1.82, 2.24) is 20.0 Å². The van der Waals surface area contributed by atoms with Gasteiger partial charge in [0.05, 0.1) is 12.1 Å². The Labute approximate surface area is 165 Å². The molecule has 3 rings (SSSR count). The molecule has 2 atom stereocenters. The van der Waals surface area contributed by atoms with E-state index in [1.165, 1.54) is 0 Å². The van der Waals surface area contributed by atoms with Gasteiger partial charge in [-0.25, -0.2) is 0 Å². The van der Waals surface area contributed by atoms with Crippen LogP contribution < -0.4 is 16.4 Å². The van der Waals surface area contributed by atoms with Gasteiger partial charge >= 0.3 is 0 Å². The molecule has 150 valence electrons. The summed E-state index contributed by atoms with van der Waals surface area (Å²) in [4.78, 5) is 26.3. The Bertz CT molecular complexity index is 816. The number of carbonyl (C=O) groups excluding carboxylic acids is 2. The monoisotopic (exact) mass is 384 g/mol. The second-order valence-electron chi connectivity index (χ2n) is 7.33. The van der Waals surface area contributed by atoms with Gasteiger partial charge in [0, 0.05) is 37.6 Å². The number of likely N-dealkylation sites (N-methyl/N-ethyl adjacent to an activating group) is 1. The number of nitrogens with two attached hydrogens (primary N) is 1. The van der Waals surface area contributed by atoms with Crippen molar-refractivity contribution in [2.75, 3.05) is 25.5 Å². The van der Waals surface area contributed by atoms with E-state index in [9.17, 15) is 9.59 Å². The largest absolute Gasteiger partial charge is 0.369 e. The summed E-state index contributed by atoms with van der Waals surface area (Å²) in [7, 11) is 3.57. The molecular weight excluding hydrogens is 356 g/mol. The van der Waals surface area contributed by atoms with Gasteiger partial charge in [-0.05, 0) is 44.1 Å². The Kier molecular flexibility index (Phi) is 6.43. The number of hydrogen-bond acceptors (Lipinski definition) is 5. The van der Waals surface area contributed by atoms with Crippen LogP contribution in [0, 0.1) is 5.92 Å². The van der Waals surface area contributed by atoms with Gasteiger partial charge in [-0.1, -0.05) is 12.1 Å². The Balaban J connectivity index is 1.58. The molecule has 1 aliphatic rings. The smallest absolute Gasteiger partial charge is 0.246 e. The van der Waals surface area contributed by atoms with Crippen LogP contribution in [-0.4, -0.2) is 46.6 Å². The lowest BCUT2D eigenvalue weighted by atomic mass is 9.97. The molecule has 0 bridgehead atoms. The molecule has 2 unspecified atom stereocenters. The lowest BCUT2D eigenvalue weighted by Gasteiger charge is -2.31. The molecule has 8 heteroatoms. The summed E-state index contributed by atoms with van der Waals surface area (Å²) in [5, 5.41) is 10.1. The average molecular weight is 384 g/mol. The molecule has 0 radical (unpaired) electrons. The maximum Gasteiger partial charge on any atom is 0.246 e. The van der Waals surface area contributed by atoms with E-state index in [0.717, 1.165) is 42.7 Å². The van der Waals surface area contributed by atoms with Gasteiger partial charge < -0.3 is 16.4 Å². The molecule has 1 fully saturated rings. The predicted octanol–water partition coefficient (Wildman–Crippen LogP) is 1.02. The van der Waals surface area contributed by atoms with Crippen LogP contribution in [0.2, 0.25) is 0 Å². The lowest BCUT2D eigenvalue weighted by Crippen LogP contribution is -2.40. The van der Waals surface area contributed by atoms with Crippen molar-refractivity contribution in [1.29, 1.82) is 0 Å². The number of likely N-dealkylation sites (tertiary alicyclic amines) is 1. The Morgan fingerprint density at radius 1 is 1.32 bits per heavy atom. The third-order valence-electron chi connectivity index (χ3n) is 5.14. The fourth-order valence-electron chi connectivity index (χ4n) is 3.64. The van der Waals surface area contributed by atoms with Crippen molar-refractivity contribution < 1.29 is 9.59 Å². The lowest BCUT2D eigenvalue weighted by molar-refractivity contribution is -0.123. The zero-order valence-corrected chi connectivity index (χ0v) is 16.4. The van der Waals surface area contributed by atoms with E-state index < -0.39 is 6.04 Å². The minimum absolute atomic E-state index is 0.0572. The van der Waals surface area contributed by atoms with Gasteiger partial charge in [0.2, 0.25) is 11.8 Å². The van der Waals surface area contributed by atoms with Crippen LogP contribution in [0.3, 0.4) is 0 Å². The number of amides is 2. The fraction of sp³-hybridized carbons (Fsp3) is 0.450. The first-order chi connectivity index (χ1) is 13.5. The van der Waals surface area contributed by atoms with Crippen molar-refractivity contribution in [3.63, 3.8) is 0 Å². The summed E-state index contributed by atoms with van der Waals surface area (Å²) in [6.07, 6.45) is 5.37. The van der Waals surface area contributed by atoms with Crippen LogP contribution in [0.5, 0.6) is 0 Å². The van der Waals surface area contributed by atoms with Crippen molar-refractivity contribution in [2.45, 2.75) is 25.4 Å². The molecule has 1 aromatic heterocycles. The third kappa shape index (κ3) is 4.96. The highest BCUT2D eigenvalue weighted by Crippen LogP contribution is 2.20. The molecule has 8 nitrogen and oxygen atoms in total. The third-order valence-corrected chi connectivity index (χ3v) is 5.14. The van der Waals surface area contributed by atoms with E-state index in [1.807, 2.05) is 37.5 Å². The second-order valence-corrected chi connectivity index (χ2v) is 7.33. The van der Waals surface area contributed by atoms with E-state index in [4.69, 9.17) is 5.73 Å². The van der Waals surface area contributed by atoms with Gasteiger partial charge in [-0.2, -0.15) is 5.10 Å². The summed E-state index contributed by atoms with van der Waals surface area (Å²) in [5.74, 6) is -0.405. The number of nitrogens with zero attached hydrogens (tertiary/aromatic N) is 3. The highest BCUT2D eigenvalue weighted by atomic mass is 16.2. The number of carbonyl (C=O) groups is 2. The molecule has 1 aromatic carbocycles. The van der Waals surface area contributed by atoms with Gasteiger partial charge in [0.15, 0.2) is 0 Å². The van der Waals surface area contributed by atoms with E-state index in [0.29, 0.717) is 6.54 Å². The molecule has 2 heterocycles. The first kappa shape index (κ1) is 20.0. The maximum absolute atomic E-state index is 12.6. The zero-order chi connectivity index (χ0) is 20.1. The van der Waals surface area contributed by atoms with Crippen LogP contribution in [0.1, 0.15) is 30.0 Å². The standard InChI is InChI=1S/C20H28N6O2/c1-22-18(16-10-23-25(2)12-16)20(28)24-17-7-5-14(6-8-17)11-26-9-3-4-15(13-26)19(21)27/h5-8,10,12,15,18,22H,3-4,9,11,13H2,1-2H3,(H2,21,27)(H,24,28).